The van der Waals surface area contributed by atoms with Gasteiger partial charge in [-0.3, -0.25) is 4.79 Å². The lowest BCUT2D eigenvalue weighted by Gasteiger charge is -2.43. The summed E-state index contributed by atoms with van der Waals surface area (Å²) in [5.74, 6) is 0.744. The van der Waals surface area contributed by atoms with Crippen LogP contribution in [0.5, 0.6) is 0 Å². The Balaban J connectivity index is 2.16. The highest BCUT2D eigenvalue weighted by atomic mass is 16.1. The standard InChI is InChI=1S/C19H20O/c1-15-14-18(20)12-13-19(15,16-8-4-2-5-9-16)17-10-6-3-7-11-17/h2-11,15H,12-14H2,1H3. The number of carbonyl (C=O) groups excluding carboxylic acids is 1. The molecule has 2 aromatic carbocycles. The minimum absolute atomic E-state index is 0.0174. The van der Waals surface area contributed by atoms with Gasteiger partial charge in [-0.2, -0.15) is 0 Å². The molecule has 1 heteroatoms. The van der Waals surface area contributed by atoms with E-state index in [1.165, 1.54) is 11.1 Å². The number of hydrogen-bond acceptors (Lipinski definition) is 1. The van der Waals surface area contributed by atoms with Crippen LogP contribution in [-0.4, -0.2) is 5.78 Å². The van der Waals surface area contributed by atoms with Gasteiger partial charge in [0.2, 0.25) is 0 Å². The average Bonchev–Trinajstić information content (AvgIpc) is 2.50. The molecule has 0 radical (unpaired) electrons. The molecule has 0 heterocycles. The van der Waals surface area contributed by atoms with Gasteiger partial charge in [0, 0.05) is 18.3 Å². The fraction of sp³-hybridized carbons (Fsp3) is 0.316. The Morgan fingerprint density at radius 1 is 0.900 bits per heavy atom. The Morgan fingerprint density at radius 2 is 1.40 bits per heavy atom. The molecule has 0 aromatic heterocycles. The van der Waals surface area contributed by atoms with Crippen LogP contribution in [0.25, 0.3) is 0 Å². The topological polar surface area (TPSA) is 17.1 Å². The lowest BCUT2D eigenvalue weighted by molar-refractivity contribution is -0.122. The Bertz CT molecular complexity index is 546. The third kappa shape index (κ3) is 2.07. The maximum atomic E-state index is 11.8. The highest BCUT2D eigenvalue weighted by Gasteiger charge is 2.43. The van der Waals surface area contributed by atoms with Crippen LogP contribution < -0.4 is 0 Å². The fourth-order valence-corrected chi connectivity index (χ4v) is 3.70. The van der Waals surface area contributed by atoms with Crippen LogP contribution in [0.15, 0.2) is 60.7 Å². The van der Waals surface area contributed by atoms with Crippen molar-refractivity contribution in [2.24, 2.45) is 5.92 Å². The number of carbonyl (C=O) groups is 1. The van der Waals surface area contributed by atoms with E-state index in [9.17, 15) is 4.79 Å². The monoisotopic (exact) mass is 264 g/mol. The molecular weight excluding hydrogens is 244 g/mol. The third-order valence-corrected chi connectivity index (χ3v) is 4.75. The smallest absolute Gasteiger partial charge is 0.133 e. The molecule has 20 heavy (non-hydrogen) atoms. The summed E-state index contributed by atoms with van der Waals surface area (Å²) in [6.07, 6.45) is 2.29. The molecule has 1 atom stereocenters. The maximum absolute atomic E-state index is 11.8. The SMILES string of the molecule is CC1CC(=O)CCC1(c1ccccc1)c1ccccc1. The van der Waals surface area contributed by atoms with Gasteiger partial charge in [0.15, 0.2) is 0 Å². The van der Waals surface area contributed by atoms with Gasteiger partial charge in [-0.1, -0.05) is 67.6 Å². The summed E-state index contributed by atoms with van der Waals surface area (Å²) in [7, 11) is 0. The molecule has 1 aliphatic carbocycles. The summed E-state index contributed by atoms with van der Waals surface area (Å²) in [4.78, 5) is 11.8. The fourth-order valence-electron chi connectivity index (χ4n) is 3.70. The van der Waals surface area contributed by atoms with Gasteiger partial charge in [0.1, 0.15) is 5.78 Å². The first-order valence-corrected chi connectivity index (χ1v) is 7.36. The number of hydrogen-bond donors (Lipinski definition) is 0. The van der Waals surface area contributed by atoms with E-state index >= 15 is 0 Å². The highest BCUT2D eigenvalue weighted by Crippen LogP contribution is 2.47. The second-order valence-corrected chi connectivity index (χ2v) is 5.85. The first-order valence-electron chi connectivity index (χ1n) is 7.36. The predicted molar refractivity (Wildman–Crippen MR) is 81.7 cm³/mol. The van der Waals surface area contributed by atoms with E-state index in [1.807, 2.05) is 0 Å². The molecule has 0 N–H and O–H groups in total. The maximum Gasteiger partial charge on any atom is 0.133 e. The highest BCUT2D eigenvalue weighted by molar-refractivity contribution is 5.80. The zero-order valence-corrected chi connectivity index (χ0v) is 11.9. The molecule has 3 rings (SSSR count). The van der Waals surface area contributed by atoms with Gasteiger partial charge in [-0.15, -0.1) is 0 Å². The molecule has 1 fully saturated rings. The molecule has 0 aliphatic heterocycles. The van der Waals surface area contributed by atoms with Crippen LogP contribution in [0.3, 0.4) is 0 Å². The van der Waals surface area contributed by atoms with Gasteiger partial charge in [-0.05, 0) is 23.5 Å². The quantitative estimate of drug-likeness (QED) is 0.787. The summed E-state index contributed by atoms with van der Waals surface area (Å²) in [5.41, 5.74) is 2.66. The first kappa shape index (κ1) is 13.1. The number of benzene rings is 2. The Labute approximate surface area is 120 Å². The van der Waals surface area contributed by atoms with E-state index in [2.05, 4.69) is 67.6 Å². The zero-order valence-electron chi connectivity index (χ0n) is 11.9. The van der Waals surface area contributed by atoms with Crippen LogP contribution in [0.4, 0.5) is 0 Å². The summed E-state index contributed by atoms with van der Waals surface area (Å²) in [6.45, 7) is 2.22. The van der Waals surface area contributed by atoms with Crippen LogP contribution in [0, 0.1) is 5.92 Å². The molecule has 0 saturated heterocycles. The lowest BCUT2D eigenvalue weighted by Crippen LogP contribution is -2.40. The van der Waals surface area contributed by atoms with Crippen LogP contribution in [-0.2, 0) is 10.2 Å². The summed E-state index contributed by atoms with van der Waals surface area (Å²) in [6, 6.07) is 21.3. The van der Waals surface area contributed by atoms with E-state index in [1.54, 1.807) is 0 Å². The van der Waals surface area contributed by atoms with E-state index in [0.717, 1.165) is 6.42 Å². The van der Waals surface area contributed by atoms with Gasteiger partial charge < -0.3 is 0 Å². The van der Waals surface area contributed by atoms with Crippen molar-refractivity contribution in [1.82, 2.24) is 0 Å². The molecule has 102 valence electrons. The van der Waals surface area contributed by atoms with Crippen molar-refractivity contribution in [1.29, 1.82) is 0 Å². The first-order chi connectivity index (χ1) is 9.73. The molecule has 1 unspecified atom stereocenters. The van der Waals surface area contributed by atoms with Crippen molar-refractivity contribution in [3.8, 4) is 0 Å². The number of rotatable bonds is 2. The van der Waals surface area contributed by atoms with Crippen molar-refractivity contribution in [3.63, 3.8) is 0 Å². The third-order valence-electron chi connectivity index (χ3n) is 4.75. The Morgan fingerprint density at radius 3 is 1.85 bits per heavy atom. The number of Topliss-reactive ketones (excluding diaryl/α,β-unsaturated/α-hetero) is 1. The van der Waals surface area contributed by atoms with E-state index < -0.39 is 0 Å². The molecule has 1 aliphatic rings. The molecule has 0 amide bonds. The zero-order chi connectivity index (χ0) is 14.0. The van der Waals surface area contributed by atoms with Gasteiger partial charge >= 0.3 is 0 Å². The van der Waals surface area contributed by atoms with Crippen LogP contribution in [0.2, 0.25) is 0 Å². The van der Waals surface area contributed by atoms with Gasteiger partial charge in [0.05, 0.1) is 0 Å². The van der Waals surface area contributed by atoms with Crippen molar-refractivity contribution in [3.05, 3.63) is 71.8 Å². The molecule has 2 aromatic rings. The molecule has 1 saturated carbocycles. The van der Waals surface area contributed by atoms with Gasteiger partial charge in [0.25, 0.3) is 0 Å². The minimum atomic E-state index is -0.0174. The molecule has 1 nitrogen and oxygen atoms in total. The normalized spacial score (nSPS) is 21.6. The second-order valence-electron chi connectivity index (χ2n) is 5.85. The Kier molecular flexibility index (Phi) is 3.43. The molecular formula is C19H20O. The second kappa shape index (κ2) is 5.24. The minimum Gasteiger partial charge on any atom is -0.300 e. The van der Waals surface area contributed by atoms with Crippen LogP contribution >= 0.6 is 0 Å². The summed E-state index contributed by atoms with van der Waals surface area (Å²) >= 11 is 0. The lowest BCUT2D eigenvalue weighted by atomic mass is 9.59. The molecule has 0 spiro atoms. The largest absolute Gasteiger partial charge is 0.300 e. The van der Waals surface area contributed by atoms with E-state index in [-0.39, 0.29) is 5.41 Å². The molecule has 0 bridgehead atoms. The van der Waals surface area contributed by atoms with Crippen LogP contribution in [0.1, 0.15) is 37.3 Å². The summed E-state index contributed by atoms with van der Waals surface area (Å²) in [5, 5.41) is 0. The van der Waals surface area contributed by atoms with E-state index in [4.69, 9.17) is 0 Å². The van der Waals surface area contributed by atoms with Crippen molar-refractivity contribution in [2.45, 2.75) is 31.6 Å². The Hall–Kier alpha value is -1.89. The van der Waals surface area contributed by atoms with E-state index in [0.29, 0.717) is 24.5 Å². The van der Waals surface area contributed by atoms with Crippen molar-refractivity contribution < 1.29 is 4.79 Å². The number of ketones is 1. The summed E-state index contributed by atoms with van der Waals surface area (Å²) < 4.78 is 0. The van der Waals surface area contributed by atoms with Crippen molar-refractivity contribution in [2.75, 3.05) is 0 Å². The predicted octanol–water partition coefficient (Wildman–Crippen LogP) is 4.36. The van der Waals surface area contributed by atoms with Crippen molar-refractivity contribution >= 4 is 5.78 Å². The van der Waals surface area contributed by atoms with Gasteiger partial charge in [-0.25, -0.2) is 0 Å². The average molecular weight is 264 g/mol.